The second-order valence-electron chi connectivity index (χ2n) is 16.2. The van der Waals surface area contributed by atoms with E-state index in [1.165, 1.54) is 0 Å². The number of aromatic amines is 2. The third kappa shape index (κ3) is 9.67. The van der Waals surface area contributed by atoms with Crippen LogP contribution in [0, 0.1) is 11.8 Å². The molecule has 2 aromatic heterocycles. The number of hydrogen-bond acceptors (Lipinski definition) is 6. The van der Waals surface area contributed by atoms with Gasteiger partial charge in [-0.2, -0.15) is 0 Å². The molecule has 1 fully saturated rings. The molecule has 4 aromatic carbocycles. The van der Waals surface area contributed by atoms with E-state index < -0.39 is 23.8 Å². The van der Waals surface area contributed by atoms with Crippen molar-refractivity contribution in [2.24, 2.45) is 0 Å². The van der Waals surface area contributed by atoms with Crippen molar-refractivity contribution in [2.45, 2.75) is 77.1 Å². The molecule has 3 amide bonds. The Morgan fingerprint density at radius 3 is 1.92 bits per heavy atom. The molecule has 1 aliphatic rings. The number of rotatable bonds is 10. The molecule has 3 heterocycles. The molecule has 6 aromatic rings. The van der Waals surface area contributed by atoms with E-state index in [9.17, 15) is 14.4 Å². The number of amides is 3. The van der Waals surface area contributed by atoms with Gasteiger partial charge in [0.05, 0.1) is 41.8 Å². The monoisotopic (exact) mass is 801 g/mol. The second kappa shape index (κ2) is 17.9. The highest BCUT2D eigenvalue weighted by molar-refractivity contribution is 5.87. The van der Waals surface area contributed by atoms with Crippen molar-refractivity contribution in [2.75, 3.05) is 13.6 Å². The number of hydrogen-bond donors (Lipinski definition) is 3. The fourth-order valence-corrected chi connectivity index (χ4v) is 7.34. The van der Waals surface area contributed by atoms with Crippen LogP contribution in [-0.4, -0.2) is 66.8 Å². The third-order valence-corrected chi connectivity index (χ3v) is 10.8. The number of ether oxygens (including phenoxy) is 1. The first-order chi connectivity index (χ1) is 28.8. The number of nitrogens with zero attached hydrogens (tertiary/aromatic N) is 4. The molecule has 3 N–H and O–H groups in total. The van der Waals surface area contributed by atoms with Gasteiger partial charge in [-0.05, 0) is 94.0 Å². The maximum Gasteiger partial charge on any atom is 0.408 e. The molecule has 7 rings (SSSR count). The van der Waals surface area contributed by atoms with Crippen LogP contribution < -0.4 is 5.32 Å². The average molecular weight is 802 g/mol. The Bertz CT molecular complexity index is 2480. The summed E-state index contributed by atoms with van der Waals surface area (Å²) in [6.45, 7) is 9.92. The van der Waals surface area contributed by atoms with Crippen molar-refractivity contribution in [3.63, 3.8) is 0 Å². The lowest BCUT2D eigenvalue weighted by Crippen LogP contribution is -2.44. The number of likely N-dealkylation sites (N-methyl/N-ethyl adjacent to an activating group) is 1. The summed E-state index contributed by atoms with van der Waals surface area (Å²) in [5, 5.41) is 2.76. The Morgan fingerprint density at radius 2 is 1.33 bits per heavy atom. The summed E-state index contributed by atoms with van der Waals surface area (Å²) < 4.78 is 5.46. The summed E-state index contributed by atoms with van der Waals surface area (Å²) in [6.07, 6.45) is 4.75. The van der Waals surface area contributed by atoms with Gasteiger partial charge in [-0.15, -0.1) is 0 Å². The Hall–Kier alpha value is -6.93. The van der Waals surface area contributed by atoms with Crippen LogP contribution in [0.5, 0.6) is 0 Å². The van der Waals surface area contributed by atoms with Crippen molar-refractivity contribution in [3.05, 3.63) is 155 Å². The lowest BCUT2D eigenvalue weighted by atomic mass is 9.99. The first kappa shape index (κ1) is 41.2. The van der Waals surface area contributed by atoms with Crippen LogP contribution in [0.4, 0.5) is 4.79 Å². The Balaban J connectivity index is 0.965. The van der Waals surface area contributed by atoms with Crippen LogP contribution >= 0.6 is 0 Å². The van der Waals surface area contributed by atoms with Crippen molar-refractivity contribution in [1.29, 1.82) is 0 Å². The average Bonchev–Trinajstić information content (AvgIpc) is 4.06. The molecule has 11 heteroatoms. The Labute approximate surface area is 351 Å². The van der Waals surface area contributed by atoms with Gasteiger partial charge in [-0.3, -0.25) is 9.59 Å². The van der Waals surface area contributed by atoms with E-state index in [0.29, 0.717) is 11.4 Å². The smallest absolute Gasteiger partial charge is 0.408 e. The highest BCUT2D eigenvalue weighted by Crippen LogP contribution is 2.34. The predicted molar refractivity (Wildman–Crippen MR) is 232 cm³/mol. The Morgan fingerprint density at radius 1 is 0.783 bits per heavy atom. The number of likely N-dealkylation sites (tertiary alicyclic amines) is 1. The number of carbonyl (C=O) groups is 3. The normalized spacial score (nSPS) is 15.3. The predicted octanol–water partition coefficient (Wildman–Crippen LogP) is 9.12. The van der Waals surface area contributed by atoms with Gasteiger partial charge in [0.2, 0.25) is 11.8 Å². The lowest BCUT2D eigenvalue weighted by molar-refractivity contribution is -0.134. The molecule has 0 bridgehead atoms. The number of aromatic nitrogens is 4. The molecule has 0 radical (unpaired) electrons. The fraction of sp³-hybridized carbons (Fsp3) is 0.286. The molecule has 0 spiro atoms. The van der Waals surface area contributed by atoms with Crippen LogP contribution in [0.3, 0.4) is 0 Å². The molecule has 60 heavy (non-hydrogen) atoms. The van der Waals surface area contributed by atoms with Gasteiger partial charge >= 0.3 is 6.09 Å². The van der Waals surface area contributed by atoms with Crippen molar-refractivity contribution < 1.29 is 19.1 Å². The number of nitrogens with one attached hydrogen (secondary N) is 3. The van der Waals surface area contributed by atoms with E-state index in [1.807, 2.05) is 122 Å². The van der Waals surface area contributed by atoms with Gasteiger partial charge < -0.3 is 29.8 Å². The molecule has 1 aliphatic heterocycles. The van der Waals surface area contributed by atoms with Crippen molar-refractivity contribution in [3.8, 4) is 34.4 Å². The zero-order chi connectivity index (χ0) is 42.4. The van der Waals surface area contributed by atoms with Crippen LogP contribution in [0.25, 0.3) is 22.5 Å². The van der Waals surface area contributed by atoms with E-state index in [-0.39, 0.29) is 23.8 Å². The van der Waals surface area contributed by atoms with E-state index in [0.717, 1.165) is 64.4 Å². The quantitative estimate of drug-likeness (QED) is 0.118. The summed E-state index contributed by atoms with van der Waals surface area (Å²) in [5.41, 5.74) is 6.32. The standard InChI is InChI=1S/C49H51N7O4/c1-32(36-14-9-7-10-15-36)46(57)56-29-13-18-42(56)45-51-31-41(53-45)38-27-23-35(24-28-38)20-19-34-21-25-37(26-22-34)40-30-50-44(52-40)33(2)55(6)47(58)43(39-16-11-8-12-17-39)54-48(59)60-49(3,4)5/h7-12,14-17,21-28,30-33,42-43H,13,18,29H2,1-6H3,(H,50,52)(H,51,53)(H,54,59)/t32-,33+,42+,43-/m1/s1. The zero-order valence-electron chi connectivity index (χ0n) is 34.9. The molecule has 1 saturated heterocycles. The molecule has 11 nitrogen and oxygen atoms in total. The van der Waals surface area contributed by atoms with Crippen LogP contribution in [0.2, 0.25) is 0 Å². The summed E-state index contributed by atoms with van der Waals surface area (Å²) in [7, 11) is 1.69. The Kier molecular flexibility index (Phi) is 12.3. The molecular formula is C49H51N7O4. The summed E-state index contributed by atoms with van der Waals surface area (Å²) in [5.74, 6) is 7.55. The SMILES string of the molecule is C[C@@H](C(=O)N1CCC[C@H]1c1ncc(-c2ccc(C#Cc3ccc(-c4cnc([C@H](C)N(C)C(=O)[C@H](NC(=O)OC(C)(C)C)c5ccccc5)[nH]4)cc3)cc2)[nH]1)c1ccccc1. The molecule has 306 valence electrons. The summed E-state index contributed by atoms with van der Waals surface area (Å²) in [4.78, 5) is 59.8. The van der Waals surface area contributed by atoms with Gasteiger partial charge in [0.25, 0.3) is 0 Å². The fourth-order valence-electron chi connectivity index (χ4n) is 7.34. The molecule has 4 atom stereocenters. The largest absolute Gasteiger partial charge is 0.444 e. The number of carbonyl (C=O) groups excluding carboxylic acids is 3. The van der Waals surface area contributed by atoms with Crippen molar-refractivity contribution in [1.82, 2.24) is 35.1 Å². The third-order valence-electron chi connectivity index (χ3n) is 10.8. The van der Waals surface area contributed by atoms with Gasteiger partial charge in [0, 0.05) is 24.7 Å². The van der Waals surface area contributed by atoms with E-state index in [4.69, 9.17) is 9.72 Å². The van der Waals surface area contributed by atoms with Crippen LogP contribution in [-0.2, 0) is 14.3 Å². The van der Waals surface area contributed by atoms with Gasteiger partial charge in [0.1, 0.15) is 23.3 Å². The van der Waals surface area contributed by atoms with E-state index >= 15 is 0 Å². The van der Waals surface area contributed by atoms with E-state index in [2.05, 4.69) is 32.1 Å². The summed E-state index contributed by atoms with van der Waals surface area (Å²) >= 11 is 0. The highest BCUT2D eigenvalue weighted by atomic mass is 16.6. The minimum atomic E-state index is -0.943. The van der Waals surface area contributed by atoms with E-state index in [1.54, 1.807) is 51.0 Å². The number of H-pyrrole nitrogens is 2. The maximum absolute atomic E-state index is 13.8. The van der Waals surface area contributed by atoms with Crippen LogP contribution in [0.15, 0.2) is 122 Å². The second-order valence-corrected chi connectivity index (χ2v) is 16.2. The first-order valence-electron chi connectivity index (χ1n) is 20.3. The highest BCUT2D eigenvalue weighted by Gasteiger charge is 2.35. The number of imidazole rings is 2. The lowest BCUT2D eigenvalue weighted by Gasteiger charge is -2.29. The minimum Gasteiger partial charge on any atom is -0.444 e. The van der Waals surface area contributed by atoms with Crippen molar-refractivity contribution >= 4 is 17.9 Å². The topological polar surface area (TPSA) is 136 Å². The van der Waals surface area contributed by atoms with Gasteiger partial charge in [0.15, 0.2) is 0 Å². The van der Waals surface area contributed by atoms with Gasteiger partial charge in [-0.1, -0.05) is 96.8 Å². The molecule has 0 unspecified atom stereocenters. The molecular weight excluding hydrogens is 751 g/mol. The molecule has 0 aliphatic carbocycles. The maximum atomic E-state index is 13.8. The van der Waals surface area contributed by atoms with Gasteiger partial charge in [-0.25, -0.2) is 14.8 Å². The molecule has 0 saturated carbocycles. The minimum absolute atomic E-state index is 0.0697. The van der Waals surface area contributed by atoms with Crippen LogP contribution in [0.1, 0.15) is 105 Å². The number of benzene rings is 4. The first-order valence-corrected chi connectivity index (χ1v) is 20.3. The number of alkyl carbamates (subject to hydrolysis) is 1. The summed E-state index contributed by atoms with van der Waals surface area (Å²) in [6, 6.07) is 33.5. The zero-order valence-corrected chi connectivity index (χ0v) is 34.9.